The van der Waals surface area contributed by atoms with Crippen molar-refractivity contribution in [3.05, 3.63) is 0 Å². The third kappa shape index (κ3) is 4.96. The fourth-order valence-electron chi connectivity index (χ4n) is 4.58. The highest BCUT2D eigenvalue weighted by Gasteiger charge is 2.44. The fourth-order valence-corrected chi connectivity index (χ4v) is 11.1. The lowest BCUT2D eigenvalue weighted by Gasteiger charge is -2.45. The van der Waals surface area contributed by atoms with Crippen molar-refractivity contribution < 1.29 is 5.11 Å². The molecule has 0 radical (unpaired) electrons. The lowest BCUT2D eigenvalue weighted by Crippen LogP contribution is -2.47. The Labute approximate surface area is 142 Å². The van der Waals surface area contributed by atoms with Crippen LogP contribution in [0, 0.1) is 5.92 Å². The Kier molecular flexibility index (Phi) is 11.3. The van der Waals surface area contributed by atoms with Crippen LogP contribution < -0.4 is 0 Å². The highest BCUT2D eigenvalue weighted by atomic mass is 32.1. The molecule has 0 unspecified atom stereocenters. The van der Waals surface area contributed by atoms with E-state index < -0.39 is 8.07 Å². The van der Waals surface area contributed by atoms with E-state index >= 15 is 0 Å². The molecule has 124 valence electrons. The molecule has 1 nitrogen and oxygen atoms in total. The van der Waals surface area contributed by atoms with Crippen LogP contribution in [0.15, 0.2) is 0 Å². The number of aliphatic hydroxyl groups is 1. The lowest BCUT2D eigenvalue weighted by molar-refractivity contribution is 0.126. The zero-order valence-corrected chi connectivity index (χ0v) is 17.4. The van der Waals surface area contributed by atoms with Gasteiger partial charge in [-0.25, -0.2) is 0 Å². The quantitative estimate of drug-likeness (QED) is 0.639. The highest BCUT2D eigenvalue weighted by molar-refractivity contribution is 7.59. The van der Waals surface area contributed by atoms with Gasteiger partial charge in [0.2, 0.25) is 0 Å². The number of aliphatic hydroxyl groups excluding tert-OH is 1. The normalized spacial score (nSPS) is 18.3. The SMILES string of the molecule is CC(C)[Si](C[C@@H](O)C1CCCC1)(C(C)C)C(C)C.S.S. The van der Waals surface area contributed by atoms with Gasteiger partial charge in [0.05, 0.1) is 14.2 Å². The van der Waals surface area contributed by atoms with E-state index in [2.05, 4.69) is 41.5 Å². The molecule has 1 N–H and O–H groups in total. The van der Waals surface area contributed by atoms with Gasteiger partial charge in [0.15, 0.2) is 0 Å². The molecule has 0 aromatic carbocycles. The summed E-state index contributed by atoms with van der Waals surface area (Å²) in [6, 6.07) is 1.13. The molecule has 1 atom stereocenters. The molecule has 4 heteroatoms. The van der Waals surface area contributed by atoms with Gasteiger partial charge in [0.25, 0.3) is 0 Å². The first-order valence-electron chi connectivity index (χ1n) is 8.00. The van der Waals surface area contributed by atoms with Crippen molar-refractivity contribution in [2.45, 2.75) is 96.0 Å². The second kappa shape index (κ2) is 9.81. The van der Waals surface area contributed by atoms with Crippen molar-refractivity contribution in [2.75, 3.05) is 0 Å². The van der Waals surface area contributed by atoms with E-state index in [0.29, 0.717) is 5.92 Å². The zero-order valence-electron chi connectivity index (χ0n) is 14.4. The van der Waals surface area contributed by atoms with Gasteiger partial charge in [-0.2, -0.15) is 27.0 Å². The molecular formula is C16H38OS2Si. The largest absolute Gasteiger partial charge is 0.393 e. The monoisotopic (exact) mass is 338 g/mol. The first kappa shape index (κ1) is 23.1. The fraction of sp³-hybridized carbons (Fsp3) is 1.00. The molecule has 0 spiro atoms. The maximum absolute atomic E-state index is 10.7. The molecular weight excluding hydrogens is 300 g/mol. The zero-order chi connectivity index (χ0) is 13.9. The third-order valence-electron chi connectivity index (χ3n) is 5.73. The van der Waals surface area contributed by atoms with Crippen LogP contribution in [-0.4, -0.2) is 19.3 Å². The molecule has 1 saturated carbocycles. The van der Waals surface area contributed by atoms with Gasteiger partial charge in [-0.15, -0.1) is 0 Å². The van der Waals surface area contributed by atoms with E-state index in [1.165, 1.54) is 25.7 Å². The maximum atomic E-state index is 10.7. The number of hydrogen-bond donors (Lipinski definition) is 1. The van der Waals surface area contributed by atoms with E-state index in [1.807, 2.05) is 0 Å². The average molecular weight is 339 g/mol. The van der Waals surface area contributed by atoms with Gasteiger partial charge < -0.3 is 5.11 Å². The Balaban J connectivity index is 0. The minimum atomic E-state index is -1.41. The van der Waals surface area contributed by atoms with E-state index in [9.17, 15) is 5.11 Å². The minimum Gasteiger partial charge on any atom is -0.393 e. The molecule has 0 aromatic heterocycles. The molecule has 1 aliphatic carbocycles. The summed E-state index contributed by atoms with van der Waals surface area (Å²) in [4.78, 5) is 0. The predicted molar refractivity (Wildman–Crippen MR) is 105 cm³/mol. The first-order valence-corrected chi connectivity index (χ1v) is 10.4. The molecule has 0 aromatic rings. The second-order valence-corrected chi connectivity index (χ2v) is 13.5. The summed E-state index contributed by atoms with van der Waals surface area (Å²) in [5, 5.41) is 10.7. The predicted octanol–water partition coefficient (Wildman–Crippen LogP) is 5.44. The topological polar surface area (TPSA) is 20.2 Å². The summed E-state index contributed by atoms with van der Waals surface area (Å²) in [5.74, 6) is 0.605. The van der Waals surface area contributed by atoms with Gasteiger partial charge in [0, 0.05) is 0 Å². The van der Waals surface area contributed by atoms with Crippen molar-refractivity contribution in [3.63, 3.8) is 0 Å². The summed E-state index contributed by atoms with van der Waals surface area (Å²) in [6.07, 6.45) is 5.18. The standard InChI is InChI=1S/C16H34OSi.2H2S/c1-12(2)18(13(3)4,14(5)6)11-16(17)15-9-7-8-10-15;;/h12-17H,7-11H2,1-6H3;2*1H2/t16-;;/m1../s1. The van der Waals surface area contributed by atoms with Crippen LogP contribution in [0.1, 0.15) is 67.2 Å². The summed E-state index contributed by atoms with van der Waals surface area (Å²) in [7, 11) is -1.41. The molecule has 0 amide bonds. The van der Waals surface area contributed by atoms with Crippen LogP contribution in [0.5, 0.6) is 0 Å². The Morgan fingerprint density at radius 1 is 0.850 bits per heavy atom. The van der Waals surface area contributed by atoms with E-state index in [1.54, 1.807) is 0 Å². The molecule has 0 aliphatic heterocycles. The van der Waals surface area contributed by atoms with Gasteiger partial charge in [-0.3, -0.25) is 0 Å². The van der Waals surface area contributed by atoms with Crippen molar-refractivity contribution in [1.29, 1.82) is 0 Å². The van der Waals surface area contributed by atoms with Gasteiger partial charge in [-0.1, -0.05) is 71.0 Å². The smallest absolute Gasteiger partial charge is 0.0638 e. The molecule has 1 fully saturated rings. The van der Waals surface area contributed by atoms with Gasteiger partial charge in [0.1, 0.15) is 0 Å². The molecule has 0 bridgehead atoms. The van der Waals surface area contributed by atoms with Crippen LogP contribution in [0.2, 0.25) is 22.7 Å². The summed E-state index contributed by atoms with van der Waals surface area (Å²) >= 11 is 0. The van der Waals surface area contributed by atoms with Crippen LogP contribution in [0.4, 0.5) is 0 Å². The minimum absolute atomic E-state index is 0. The Hall–Kier alpha value is 0.877. The Morgan fingerprint density at radius 3 is 1.50 bits per heavy atom. The van der Waals surface area contributed by atoms with Crippen molar-refractivity contribution in [2.24, 2.45) is 5.92 Å². The van der Waals surface area contributed by atoms with Crippen LogP contribution in [0.3, 0.4) is 0 Å². The Morgan fingerprint density at radius 2 is 1.20 bits per heavy atom. The maximum Gasteiger partial charge on any atom is 0.0638 e. The van der Waals surface area contributed by atoms with Crippen LogP contribution in [0.25, 0.3) is 0 Å². The van der Waals surface area contributed by atoms with E-state index in [4.69, 9.17) is 0 Å². The van der Waals surface area contributed by atoms with Crippen LogP contribution in [-0.2, 0) is 0 Å². The van der Waals surface area contributed by atoms with Crippen molar-refractivity contribution >= 4 is 35.1 Å². The molecule has 0 saturated heterocycles. The molecule has 1 rings (SSSR count). The average Bonchev–Trinajstić information content (AvgIpc) is 2.77. The number of rotatable bonds is 6. The van der Waals surface area contributed by atoms with Crippen molar-refractivity contribution in [1.82, 2.24) is 0 Å². The number of hydrogen-bond acceptors (Lipinski definition) is 1. The molecule has 0 heterocycles. The third-order valence-corrected chi connectivity index (χ3v) is 13.3. The van der Waals surface area contributed by atoms with Gasteiger partial charge >= 0.3 is 0 Å². The van der Waals surface area contributed by atoms with E-state index in [-0.39, 0.29) is 33.1 Å². The van der Waals surface area contributed by atoms with Crippen molar-refractivity contribution in [3.8, 4) is 0 Å². The van der Waals surface area contributed by atoms with Crippen LogP contribution >= 0.6 is 27.0 Å². The second-order valence-electron chi connectivity index (χ2n) is 7.39. The Bertz CT molecular complexity index is 229. The molecule has 1 aliphatic rings. The summed E-state index contributed by atoms with van der Waals surface area (Å²) in [5.41, 5.74) is 2.32. The summed E-state index contributed by atoms with van der Waals surface area (Å²) in [6.45, 7) is 14.4. The highest BCUT2D eigenvalue weighted by Crippen LogP contribution is 2.46. The first-order chi connectivity index (χ1) is 8.32. The van der Waals surface area contributed by atoms with Gasteiger partial charge in [-0.05, 0) is 24.8 Å². The van der Waals surface area contributed by atoms with E-state index in [0.717, 1.165) is 22.7 Å². The summed E-state index contributed by atoms with van der Waals surface area (Å²) < 4.78 is 0. The molecule has 20 heavy (non-hydrogen) atoms. The lowest BCUT2D eigenvalue weighted by atomic mass is 10.0.